The standard InChI is InChI=1S/C11H20BrNO/c1-9-7-13(5-4-11(9)12)8-10-3-2-6-14-10/h9-11H,2-8H2,1H3. The van der Waals surface area contributed by atoms with Gasteiger partial charge in [0.05, 0.1) is 6.10 Å². The molecule has 2 saturated heterocycles. The summed E-state index contributed by atoms with van der Waals surface area (Å²) in [7, 11) is 0. The molecule has 3 heteroatoms. The molecule has 3 atom stereocenters. The molecule has 0 spiro atoms. The first-order valence-corrected chi connectivity index (χ1v) is 6.65. The lowest BCUT2D eigenvalue weighted by Gasteiger charge is -2.35. The molecule has 14 heavy (non-hydrogen) atoms. The van der Waals surface area contributed by atoms with Crippen LogP contribution >= 0.6 is 15.9 Å². The monoisotopic (exact) mass is 261 g/mol. The summed E-state index contributed by atoms with van der Waals surface area (Å²) in [6.45, 7) is 6.94. The van der Waals surface area contributed by atoms with Crippen molar-refractivity contribution in [2.24, 2.45) is 5.92 Å². The quantitative estimate of drug-likeness (QED) is 0.708. The predicted molar refractivity (Wildman–Crippen MR) is 61.9 cm³/mol. The number of rotatable bonds is 2. The maximum absolute atomic E-state index is 5.66. The Labute approximate surface area is 95.1 Å². The van der Waals surface area contributed by atoms with Gasteiger partial charge in [-0.25, -0.2) is 0 Å². The van der Waals surface area contributed by atoms with Crippen LogP contribution in [0.3, 0.4) is 0 Å². The third-order valence-electron chi connectivity index (χ3n) is 3.37. The zero-order valence-corrected chi connectivity index (χ0v) is 10.5. The van der Waals surface area contributed by atoms with Crippen molar-refractivity contribution in [3.8, 4) is 0 Å². The summed E-state index contributed by atoms with van der Waals surface area (Å²) in [6.07, 6.45) is 4.33. The Morgan fingerprint density at radius 3 is 2.93 bits per heavy atom. The normalized spacial score (nSPS) is 40.3. The smallest absolute Gasteiger partial charge is 0.0702 e. The second-order valence-corrected chi connectivity index (χ2v) is 5.85. The van der Waals surface area contributed by atoms with Crippen LogP contribution in [0.4, 0.5) is 0 Å². The van der Waals surface area contributed by atoms with Crippen LogP contribution in [0.2, 0.25) is 0 Å². The highest BCUT2D eigenvalue weighted by atomic mass is 79.9. The van der Waals surface area contributed by atoms with E-state index in [4.69, 9.17) is 4.74 Å². The van der Waals surface area contributed by atoms with Gasteiger partial charge in [-0.3, -0.25) is 0 Å². The SMILES string of the molecule is CC1CN(CC2CCCO2)CCC1Br. The Morgan fingerprint density at radius 1 is 1.43 bits per heavy atom. The number of hydrogen-bond donors (Lipinski definition) is 0. The van der Waals surface area contributed by atoms with Gasteiger partial charge in [0.15, 0.2) is 0 Å². The number of piperidine rings is 1. The topological polar surface area (TPSA) is 12.5 Å². The number of likely N-dealkylation sites (tertiary alicyclic amines) is 1. The van der Waals surface area contributed by atoms with Crippen LogP contribution in [0.5, 0.6) is 0 Å². The van der Waals surface area contributed by atoms with E-state index in [1.54, 1.807) is 0 Å². The van der Waals surface area contributed by atoms with Gasteiger partial charge in [0, 0.05) is 24.5 Å². The van der Waals surface area contributed by atoms with E-state index in [1.165, 1.54) is 32.4 Å². The first-order chi connectivity index (χ1) is 6.75. The molecule has 0 N–H and O–H groups in total. The van der Waals surface area contributed by atoms with Crippen LogP contribution in [0, 0.1) is 5.92 Å². The van der Waals surface area contributed by atoms with Gasteiger partial charge >= 0.3 is 0 Å². The average Bonchev–Trinajstić information content (AvgIpc) is 2.64. The molecule has 2 fully saturated rings. The number of hydrogen-bond acceptors (Lipinski definition) is 2. The van der Waals surface area contributed by atoms with E-state index in [2.05, 4.69) is 27.8 Å². The van der Waals surface area contributed by atoms with Gasteiger partial charge in [0.2, 0.25) is 0 Å². The second kappa shape index (κ2) is 4.95. The second-order valence-electron chi connectivity index (χ2n) is 4.68. The summed E-state index contributed by atoms with van der Waals surface area (Å²) in [5.41, 5.74) is 0. The van der Waals surface area contributed by atoms with Crippen molar-refractivity contribution in [1.82, 2.24) is 4.90 Å². The summed E-state index contributed by atoms with van der Waals surface area (Å²) in [6, 6.07) is 0. The molecule has 0 aromatic heterocycles. The zero-order valence-electron chi connectivity index (χ0n) is 8.92. The summed E-state index contributed by atoms with van der Waals surface area (Å²) in [4.78, 5) is 3.29. The first kappa shape index (κ1) is 10.9. The van der Waals surface area contributed by atoms with Crippen molar-refractivity contribution in [2.75, 3.05) is 26.2 Å². The zero-order chi connectivity index (χ0) is 9.97. The molecular formula is C11H20BrNO. The predicted octanol–water partition coefficient (Wildman–Crippen LogP) is 2.27. The third kappa shape index (κ3) is 2.71. The Kier molecular flexibility index (Phi) is 3.86. The number of nitrogens with zero attached hydrogens (tertiary/aromatic N) is 1. The lowest BCUT2D eigenvalue weighted by Crippen LogP contribution is -2.43. The van der Waals surface area contributed by atoms with Crippen LogP contribution in [-0.2, 0) is 4.74 Å². The molecule has 2 aliphatic rings. The molecule has 0 radical (unpaired) electrons. The Hall–Kier alpha value is 0.400. The summed E-state index contributed by atoms with van der Waals surface area (Å²) in [5.74, 6) is 0.783. The summed E-state index contributed by atoms with van der Waals surface area (Å²) < 4.78 is 5.66. The van der Waals surface area contributed by atoms with Crippen LogP contribution in [0.15, 0.2) is 0 Å². The van der Waals surface area contributed by atoms with E-state index in [0.29, 0.717) is 6.10 Å². The molecule has 0 amide bonds. The summed E-state index contributed by atoms with van der Waals surface area (Å²) >= 11 is 3.74. The lowest BCUT2D eigenvalue weighted by atomic mass is 9.99. The number of halogens is 1. The van der Waals surface area contributed by atoms with Gasteiger partial charge in [-0.1, -0.05) is 22.9 Å². The third-order valence-corrected chi connectivity index (χ3v) is 4.73. The Morgan fingerprint density at radius 2 is 2.29 bits per heavy atom. The van der Waals surface area contributed by atoms with Crippen LogP contribution in [0.25, 0.3) is 0 Å². The van der Waals surface area contributed by atoms with E-state index in [9.17, 15) is 0 Å². The van der Waals surface area contributed by atoms with Gasteiger partial charge in [-0.15, -0.1) is 0 Å². The molecule has 3 unspecified atom stereocenters. The fraction of sp³-hybridized carbons (Fsp3) is 1.00. The van der Waals surface area contributed by atoms with E-state index in [0.717, 1.165) is 23.9 Å². The van der Waals surface area contributed by atoms with E-state index in [1.807, 2.05) is 0 Å². The van der Waals surface area contributed by atoms with Crippen molar-refractivity contribution in [2.45, 2.75) is 37.1 Å². The van der Waals surface area contributed by atoms with Crippen molar-refractivity contribution >= 4 is 15.9 Å². The van der Waals surface area contributed by atoms with Gasteiger partial charge in [0.1, 0.15) is 0 Å². The van der Waals surface area contributed by atoms with Crippen molar-refractivity contribution < 1.29 is 4.74 Å². The molecule has 0 aromatic rings. The molecule has 0 saturated carbocycles. The van der Waals surface area contributed by atoms with Crippen molar-refractivity contribution in [3.63, 3.8) is 0 Å². The highest BCUT2D eigenvalue weighted by Crippen LogP contribution is 2.24. The van der Waals surface area contributed by atoms with Crippen molar-refractivity contribution in [1.29, 1.82) is 0 Å². The molecule has 2 heterocycles. The molecule has 0 bridgehead atoms. The van der Waals surface area contributed by atoms with Crippen molar-refractivity contribution in [3.05, 3.63) is 0 Å². The minimum atomic E-state index is 0.522. The Balaban J connectivity index is 1.75. The highest BCUT2D eigenvalue weighted by Gasteiger charge is 2.26. The van der Waals surface area contributed by atoms with Crippen LogP contribution in [-0.4, -0.2) is 42.1 Å². The minimum Gasteiger partial charge on any atom is -0.377 e. The molecule has 2 rings (SSSR count). The Bertz CT molecular complexity index is 182. The molecule has 0 aromatic carbocycles. The number of ether oxygens (including phenoxy) is 1. The molecule has 0 aliphatic carbocycles. The van der Waals surface area contributed by atoms with E-state index >= 15 is 0 Å². The average molecular weight is 262 g/mol. The lowest BCUT2D eigenvalue weighted by molar-refractivity contribution is 0.0599. The molecule has 2 aliphatic heterocycles. The summed E-state index contributed by atoms with van der Waals surface area (Å²) in [5, 5.41) is 0. The maximum atomic E-state index is 5.66. The first-order valence-electron chi connectivity index (χ1n) is 5.73. The molecule has 2 nitrogen and oxygen atoms in total. The van der Waals surface area contributed by atoms with E-state index in [-0.39, 0.29) is 0 Å². The van der Waals surface area contributed by atoms with Crippen LogP contribution < -0.4 is 0 Å². The molecular weight excluding hydrogens is 242 g/mol. The fourth-order valence-electron chi connectivity index (χ4n) is 2.45. The van der Waals surface area contributed by atoms with Gasteiger partial charge in [-0.2, -0.15) is 0 Å². The van der Waals surface area contributed by atoms with Gasteiger partial charge in [-0.05, 0) is 31.7 Å². The van der Waals surface area contributed by atoms with Gasteiger partial charge in [0.25, 0.3) is 0 Å². The maximum Gasteiger partial charge on any atom is 0.0702 e. The minimum absolute atomic E-state index is 0.522. The van der Waals surface area contributed by atoms with Gasteiger partial charge < -0.3 is 9.64 Å². The number of alkyl halides is 1. The highest BCUT2D eigenvalue weighted by molar-refractivity contribution is 9.09. The largest absolute Gasteiger partial charge is 0.377 e. The van der Waals surface area contributed by atoms with E-state index < -0.39 is 0 Å². The molecule has 82 valence electrons. The van der Waals surface area contributed by atoms with Crippen LogP contribution in [0.1, 0.15) is 26.2 Å². The fourth-order valence-corrected chi connectivity index (χ4v) is 2.82.